The van der Waals surface area contributed by atoms with Crippen molar-refractivity contribution in [3.8, 4) is 0 Å². The van der Waals surface area contributed by atoms with Gasteiger partial charge in [0, 0.05) is 19.1 Å². The Balaban J connectivity index is 1.58. The minimum absolute atomic E-state index is 0.295. The Morgan fingerprint density at radius 3 is 2.50 bits per heavy atom. The predicted molar refractivity (Wildman–Crippen MR) is 114 cm³/mol. The first kappa shape index (κ1) is 19.3. The SMILES string of the molecule is CCNS(=O)(=O)c1ccc(NC2CC3CCC2C3)c(NCc2ccccc2)c1. The van der Waals surface area contributed by atoms with Gasteiger partial charge in [-0.05, 0) is 54.9 Å². The number of benzene rings is 2. The highest BCUT2D eigenvalue weighted by atomic mass is 32.2. The molecule has 0 amide bonds. The molecule has 2 fully saturated rings. The van der Waals surface area contributed by atoms with Crippen molar-refractivity contribution in [2.24, 2.45) is 11.8 Å². The predicted octanol–water partition coefficient (Wildman–Crippen LogP) is 4.20. The van der Waals surface area contributed by atoms with E-state index >= 15 is 0 Å². The molecule has 2 bridgehead atoms. The van der Waals surface area contributed by atoms with Crippen LogP contribution < -0.4 is 15.4 Å². The second-order valence-corrected chi connectivity index (χ2v) is 9.74. The normalized spacial score (nSPS) is 23.7. The molecule has 0 aliphatic heterocycles. The molecule has 2 saturated carbocycles. The van der Waals surface area contributed by atoms with Crippen LogP contribution >= 0.6 is 0 Å². The first-order valence-corrected chi connectivity index (χ1v) is 11.7. The second kappa shape index (κ2) is 8.13. The zero-order valence-electron chi connectivity index (χ0n) is 16.3. The molecule has 6 heteroatoms. The van der Waals surface area contributed by atoms with E-state index in [9.17, 15) is 8.42 Å². The first-order valence-electron chi connectivity index (χ1n) is 10.2. The van der Waals surface area contributed by atoms with Gasteiger partial charge < -0.3 is 10.6 Å². The molecule has 0 aromatic heterocycles. The lowest BCUT2D eigenvalue weighted by atomic mass is 9.95. The van der Waals surface area contributed by atoms with E-state index in [1.807, 2.05) is 24.3 Å². The van der Waals surface area contributed by atoms with Crippen molar-refractivity contribution in [3.63, 3.8) is 0 Å². The molecule has 5 nitrogen and oxygen atoms in total. The number of sulfonamides is 1. The molecule has 0 radical (unpaired) electrons. The number of hydrogen-bond donors (Lipinski definition) is 3. The summed E-state index contributed by atoms with van der Waals surface area (Å²) in [5.74, 6) is 1.61. The molecule has 3 N–H and O–H groups in total. The van der Waals surface area contributed by atoms with Crippen LogP contribution in [0.25, 0.3) is 0 Å². The van der Waals surface area contributed by atoms with Crippen molar-refractivity contribution in [1.82, 2.24) is 4.72 Å². The van der Waals surface area contributed by atoms with Crippen LogP contribution in [0.2, 0.25) is 0 Å². The van der Waals surface area contributed by atoms with E-state index in [0.717, 1.165) is 28.8 Å². The average Bonchev–Trinajstić information content (AvgIpc) is 3.31. The number of anilines is 2. The van der Waals surface area contributed by atoms with Crippen molar-refractivity contribution in [2.75, 3.05) is 17.2 Å². The summed E-state index contributed by atoms with van der Waals surface area (Å²) in [5, 5.41) is 7.16. The lowest BCUT2D eigenvalue weighted by Gasteiger charge is -2.26. The zero-order valence-corrected chi connectivity index (χ0v) is 17.1. The van der Waals surface area contributed by atoms with Gasteiger partial charge in [0.1, 0.15) is 0 Å². The van der Waals surface area contributed by atoms with Crippen LogP contribution in [0.4, 0.5) is 11.4 Å². The first-order chi connectivity index (χ1) is 13.5. The Bertz CT molecular complexity index is 915. The van der Waals surface area contributed by atoms with Gasteiger partial charge in [-0.25, -0.2) is 13.1 Å². The highest BCUT2D eigenvalue weighted by molar-refractivity contribution is 7.89. The second-order valence-electron chi connectivity index (χ2n) is 7.97. The third kappa shape index (κ3) is 4.18. The highest BCUT2D eigenvalue weighted by Gasteiger charge is 2.39. The van der Waals surface area contributed by atoms with Gasteiger partial charge in [0.05, 0.1) is 16.3 Å². The van der Waals surface area contributed by atoms with Crippen LogP contribution in [0.3, 0.4) is 0 Å². The quantitative estimate of drug-likeness (QED) is 0.622. The Hall–Kier alpha value is -2.05. The maximum absolute atomic E-state index is 12.5. The van der Waals surface area contributed by atoms with Crippen LogP contribution in [0.1, 0.15) is 38.2 Å². The fraction of sp³-hybridized carbons (Fsp3) is 0.455. The fourth-order valence-corrected chi connectivity index (χ4v) is 5.72. The van der Waals surface area contributed by atoms with Gasteiger partial charge in [0.15, 0.2) is 0 Å². The van der Waals surface area contributed by atoms with E-state index in [0.29, 0.717) is 24.0 Å². The molecule has 0 saturated heterocycles. The Labute approximate surface area is 168 Å². The molecular formula is C22H29N3O2S. The zero-order chi connectivity index (χ0) is 19.6. The molecule has 3 unspecified atom stereocenters. The third-order valence-corrected chi connectivity index (χ3v) is 7.58. The number of hydrogen-bond acceptors (Lipinski definition) is 4. The molecule has 4 rings (SSSR count). The maximum Gasteiger partial charge on any atom is 0.240 e. The van der Waals surface area contributed by atoms with Crippen molar-refractivity contribution in [2.45, 2.75) is 50.1 Å². The van der Waals surface area contributed by atoms with Crippen molar-refractivity contribution in [1.29, 1.82) is 0 Å². The molecule has 28 heavy (non-hydrogen) atoms. The molecule has 0 heterocycles. The third-order valence-electron chi connectivity index (χ3n) is 6.04. The van der Waals surface area contributed by atoms with Gasteiger partial charge >= 0.3 is 0 Å². The van der Waals surface area contributed by atoms with Crippen LogP contribution in [0, 0.1) is 11.8 Å². The number of fused-ring (bicyclic) bond motifs is 2. The van der Waals surface area contributed by atoms with E-state index in [1.54, 1.807) is 19.1 Å². The van der Waals surface area contributed by atoms with Crippen LogP contribution in [0.5, 0.6) is 0 Å². The van der Waals surface area contributed by atoms with Crippen molar-refractivity contribution < 1.29 is 8.42 Å². The smallest absolute Gasteiger partial charge is 0.240 e. The summed E-state index contributed by atoms with van der Waals surface area (Å²) in [7, 11) is -3.49. The molecule has 3 atom stereocenters. The topological polar surface area (TPSA) is 70.2 Å². The summed E-state index contributed by atoms with van der Waals surface area (Å²) in [5.41, 5.74) is 2.99. The lowest BCUT2D eigenvalue weighted by Crippen LogP contribution is -2.27. The summed E-state index contributed by atoms with van der Waals surface area (Å²) in [6, 6.07) is 16.0. The number of rotatable bonds is 8. The summed E-state index contributed by atoms with van der Waals surface area (Å²) in [6.45, 7) is 2.81. The maximum atomic E-state index is 12.5. The van der Waals surface area contributed by atoms with E-state index in [2.05, 4.69) is 27.5 Å². The largest absolute Gasteiger partial charge is 0.380 e. The summed E-state index contributed by atoms with van der Waals surface area (Å²) in [4.78, 5) is 0.295. The molecule has 2 aromatic rings. The van der Waals surface area contributed by atoms with Gasteiger partial charge in [0.25, 0.3) is 0 Å². The van der Waals surface area contributed by atoms with Crippen LogP contribution in [0.15, 0.2) is 53.4 Å². The van der Waals surface area contributed by atoms with Crippen molar-refractivity contribution in [3.05, 3.63) is 54.1 Å². The molecule has 0 spiro atoms. The molecule has 2 aliphatic carbocycles. The molecule has 2 aliphatic rings. The van der Waals surface area contributed by atoms with E-state index in [-0.39, 0.29) is 0 Å². The van der Waals surface area contributed by atoms with Gasteiger partial charge in [-0.3, -0.25) is 0 Å². The van der Waals surface area contributed by atoms with E-state index < -0.39 is 10.0 Å². The minimum Gasteiger partial charge on any atom is -0.380 e. The summed E-state index contributed by atoms with van der Waals surface area (Å²) >= 11 is 0. The standard InChI is InChI=1S/C22H29N3O2S/c1-2-24-28(26,27)19-10-11-20(25-21-13-17-8-9-18(21)12-17)22(14-19)23-15-16-6-4-3-5-7-16/h3-7,10-11,14,17-18,21,23-25H,2,8-9,12-13,15H2,1H3. The van der Waals surface area contributed by atoms with Gasteiger partial charge in [-0.1, -0.05) is 43.7 Å². The highest BCUT2D eigenvalue weighted by Crippen LogP contribution is 2.46. The average molecular weight is 400 g/mol. The van der Waals surface area contributed by atoms with E-state index in [1.165, 1.54) is 25.7 Å². The molecular weight excluding hydrogens is 370 g/mol. The van der Waals surface area contributed by atoms with E-state index in [4.69, 9.17) is 0 Å². The Kier molecular flexibility index (Phi) is 5.60. The summed E-state index contributed by atoms with van der Waals surface area (Å²) < 4.78 is 27.5. The van der Waals surface area contributed by atoms with Crippen LogP contribution in [-0.4, -0.2) is 21.0 Å². The minimum atomic E-state index is -3.49. The Morgan fingerprint density at radius 2 is 1.82 bits per heavy atom. The molecule has 150 valence electrons. The monoisotopic (exact) mass is 399 g/mol. The van der Waals surface area contributed by atoms with Crippen molar-refractivity contribution >= 4 is 21.4 Å². The van der Waals surface area contributed by atoms with Crippen LogP contribution in [-0.2, 0) is 16.6 Å². The lowest BCUT2D eigenvalue weighted by molar-refractivity contribution is 0.440. The fourth-order valence-electron chi connectivity index (χ4n) is 4.65. The van der Waals surface area contributed by atoms with Gasteiger partial charge in [0.2, 0.25) is 10.0 Å². The number of nitrogens with one attached hydrogen (secondary N) is 3. The molecule has 2 aromatic carbocycles. The summed E-state index contributed by atoms with van der Waals surface area (Å²) in [6.07, 6.45) is 5.22. The Morgan fingerprint density at radius 1 is 1.00 bits per heavy atom. The van der Waals surface area contributed by atoms with Gasteiger partial charge in [-0.15, -0.1) is 0 Å². The van der Waals surface area contributed by atoms with Gasteiger partial charge in [-0.2, -0.15) is 0 Å².